The number of anilines is 1. The van der Waals surface area contributed by atoms with Crippen molar-refractivity contribution >= 4 is 33.6 Å². The summed E-state index contributed by atoms with van der Waals surface area (Å²) >= 11 is 2.93. The molecule has 0 saturated carbocycles. The number of aliphatic carboxylic acids is 1. The van der Waals surface area contributed by atoms with Crippen LogP contribution >= 0.6 is 15.9 Å². The lowest BCUT2D eigenvalue weighted by Gasteiger charge is -2.16. The average Bonchev–Trinajstić information content (AvgIpc) is 2.32. The number of hydrogen-bond donors (Lipinski definition) is 3. The van der Waals surface area contributed by atoms with E-state index in [0.29, 0.717) is 12.5 Å². The summed E-state index contributed by atoms with van der Waals surface area (Å²) in [6, 6.07) is 0.307. The summed E-state index contributed by atoms with van der Waals surface area (Å²) in [6.07, 6.45) is 0.170. The molecule has 0 aromatic heterocycles. The fraction of sp³-hybridized carbons (Fsp3) is 0.333. The zero-order valence-corrected chi connectivity index (χ0v) is 12.1. The molecule has 5 nitrogen and oxygen atoms in total. The van der Waals surface area contributed by atoms with Crippen molar-refractivity contribution in [1.29, 1.82) is 0 Å². The molecule has 1 unspecified atom stereocenters. The Balaban J connectivity index is 2.73. The Morgan fingerprint density at radius 1 is 1.40 bits per heavy atom. The van der Waals surface area contributed by atoms with Gasteiger partial charge < -0.3 is 15.7 Å². The highest BCUT2D eigenvalue weighted by Crippen LogP contribution is 2.26. The minimum Gasteiger partial charge on any atom is -0.481 e. The number of carbonyl (C=O) groups excluding carboxylic acids is 1. The molecule has 2 amide bonds. The predicted octanol–water partition coefficient (Wildman–Crippen LogP) is 3.10. The summed E-state index contributed by atoms with van der Waals surface area (Å²) < 4.78 is 26.4. The van der Waals surface area contributed by atoms with Crippen molar-refractivity contribution in [2.24, 2.45) is 0 Å². The smallest absolute Gasteiger partial charge is 0.319 e. The summed E-state index contributed by atoms with van der Waals surface area (Å²) in [5.74, 6) is -2.76. The van der Waals surface area contributed by atoms with E-state index in [0.717, 1.165) is 6.07 Å². The van der Waals surface area contributed by atoms with Crippen molar-refractivity contribution in [3.8, 4) is 0 Å². The van der Waals surface area contributed by atoms with E-state index in [1.807, 2.05) is 0 Å². The normalized spacial score (nSPS) is 11.8. The molecule has 20 heavy (non-hydrogen) atoms. The lowest BCUT2D eigenvalue weighted by molar-refractivity contribution is -0.137. The molecule has 0 fully saturated rings. The maximum atomic E-state index is 13.5. The van der Waals surface area contributed by atoms with Gasteiger partial charge in [-0.15, -0.1) is 0 Å². The number of benzene rings is 1. The van der Waals surface area contributed by atoms with Crippen molar-refractivity contribution in [3.05, 3.63) is 28.2 Å². The van der Waals surface area contributed by atoms with E-state index in [2.05, 4.69) is 26.6 Å². The first-order valence-electron chi connectivity index (χ1n) is 5.77. The summed E-state index contributed by atoms with van der Waals surface area (Å²) in [7, 11) is 0. The van der Waals surface area contributed by atoms with Crippen LogP contribution in [0.2, 0.25) is 0 Å². The second kappa shape index (κ2) is 7.18. The molecule has 0 aliphatic heterocycles. The molecule has 0 aliphatic rings. The Morgan fingerprint density at radius 2 is 2.05 bits per heavy atom. The van der Waals surface area contributed by atoms with E-state index in [1.165, 1.54) is 0 Å². The molecule has 1 rings (SSSR count). The fourth-order valence-electron chi connectivity index (χ4n) is 1.50. The predicted molar refractivity (Wildman–Crippen MR) is 72.5 cm³/mol. The van der Waals surface area contributed by atoms with Crippen molar-refractivity contribution < 1.29 is 23.5 Å². The van der Waals surface area contributed by atoms with Gasteiger partial charge in [-0.1, -0.05) is 6.92 Å². The third kappa shape index (κ3) is 4.76. The zero-order valence-electron chi connectivity index (χ0n) is 10.5. The van der Waals surface area contributed by atoms with E-state index in [9.17, 15) is 18.4 Å². The van der Waals surface area contributed by atoms with Crippen LogP contribution in [-0.2, 0) is 4.79 Å². The highest BCUT2D eigenvalue weighted by molar-refractivity contribution is 9.10. The van der Waals surface area contributed by atoms with Crippen LogP contribution in [0.3, 0.4) is 0 Å². The first-order chi connectivity index (χ1) is 9.33. The molecule has 0 spiro atoms. The third-order valence-corrected chi connectivity index (χ3v) is 3.12. The monoisotopic (exact) mass is 350 g/mol. The zero-order chi connectivity index (χ0) is 15.3. The van der Waals surface area contributed by atoms with Crippen LogP contribution in [0, 0.1) is 11.6 Å². The quantitative estimate of drug-likeness (QED) is 0.763. The SMILES string of the molecule is CCC(CC(=O)O)NC(=O)Nc1c(F)cc(F)cc1Br. The molecule has 0 bridgehead atoms. The highest BCUT2D eigenvalue weighted by atomic mass is 79.9. The van der Waals surface area contributed by atoms with Crippen LogP contribution in [0.5, 0.6) is 0 Å². The van der Waals surface area contributed by atoms with Gasteiger partial charge >= 0.3 is 12.0 Å². The number of amides is 2. The molecule has 1 atom stereocenters. The minimum atomic E-state index is -1.05. The van der Waals surface area contributed by atoms with Gasteiger partial charge in [0.1, 0.15) is 5.82 Å². The Morgan fingerprint density at radius 3 is 2.55 bits per heavy atom. The maximum absolute atomic E-state index is 13.5. The van der Waals surface area contributed by atoms with Gasteiger partial charge in [0.05, 0.1) is 12.1 Å². The second-order valence-corrected chi connectivity index (χ2v) is 4.90. The van der Waals surface area contributed by atoms with Gasteiger partial charge in [-0.3, -0.25) is 4.79 Å². The molecule has 3 N–H and O–H groups in total. The van der Waals surface area contributed by atoms with Gasteiger partial charge in [0.25, 0.3) is 0 Å². The van der Waals surface area contributed by atoms with Crippen molar-refractivity contribution in [1.82, 2.24) is 5.32 Å². The van der Waals surface area contributed by atoms with Crippen molar-refractivity contribution in [3.63, 3.8) is 0 Å². The van der Waals surface area contributed by atoms with E-state index >= 15 is 0 Å². The van der Waals surface area contributed by atoms with Gasteiger partial charge in [-0.05, 0) is 28.4 Å². The van der Waals surface area contributed by atoms with Crippen LogP contribution in [0.4, 0.5) is 19.3 Å². The largest absolute Gasteiger partial charge is 0.481 e. The minimum absolute atomic E-state index is 0.0523. The topological polar surface area (TPSA) is 78.4 Å². The van der Waals surface area contributed by atoms with Crippen molar-refractivity contribution in [2.45, 2.75) is 25.8 Å². The van der Waals surface area contributed by atoms with Gasteiger partial charge in [0.2, 0.25) is 0 Å². The Bertz CT molecular complexity index is 502. The van der Waals surface area contributed by atoms with Gasteiger partial charge in [0.15, 0.2) is 5.82 Å². The van der Waals surface area contributed by atoms with Gasteiger partial charge in [-0.25, -0.2) is 13.6 Å². The van der Waals surface area contributed by atoms with Crippen LogP contribution < -0.4 is 10.6 Å². The lowest BCUT2D eigenvalue weighted by atomic mass is 10.1. The van der Waals surface area contributed by atoms with E-state index < -0.39 is 29.7 Å². The fourth-order valence-corrected chi connectivity index (χ4v) is 2.01. The Hall–Kier alpha value is -1.70. The van der Waals surface area contributed by atoms with E-state index in [4.69, 9.17) is 5.11 Å². The number of hydrogen-bond acceptors (Lipinski definition) is 2. The van der Waals surface area contributed by atoms with Crippen molar-refractivity contribution in [2.75, 3.05) is 5.32 Å². The molecule has 8 heteroatoms. The van der Waals surface area contributed by atoms with Crippen LogP contribution in [0.1, 0.15) is 19.8 Å². The Labute approximate surface area is 122 Å². The number of halogens is 3. The first kappa shape index (κ1) is 16.4. The maximum Gasteiger partial charge on any atom is 0.319 e. The number of rotatable bonds is 5. The highest BCUT2D eigenvalue weighted by Gasteiger charge is 2.17. The standard InChI is InChI=1S/C12H13BrF2N2O3/c1-2-7(5-10(18)19)16-12(20)17-11-8(13)3-6(14)4-9(11)15/h3-4,7H,2,5H2,1H3,(H,18,19)(H2,16,17,20). The summed E-state index contributed by atoms with van der Waals surface area (Å²) in [6.45, 7) is 1.71. The summed E-state index contributed by atoms with van der Waals surface area (Å²) in [5, 5.41) is 13.3. The molecule has 0 radical (unpaired) electrons. The molecule has 0 saturated heterocycles. The van der Waals surface area contributed by atoms with Gasteiger partial charge in [-0.2, -0.15) is 0 Å². The number of nitrogens with one attached hydrogen (secondary N) is 2. The van der Waals surface area contributed by atoms with Gasteiger partial charge in [0, 0.05) is 16.6 Å². The first-order valence-corrected chi connectivity index (χ1v) is 6.56. The van der Waals surface area contributed by atoms with Crippen LogP contribution in [0.15, 0.2) is 16.6 Å². The number of carbonyl (C=O) groups is 2. The van der Waals surface area contributed by atoms with E-state index in [1.54, 1.807) is 6.92 Å². The van der Waals surface area contributed by atoms with E-state index in [-0.39, 0.29) is 16.6 Å². The van der Waals surface area contributed by atoms with Crippen LogP contribution in [-0.4, -0.2) is 23.1 Å². The summed E-state index contributed by atoms with van der Waals surface area (Å²) in [5.41, 5.74) is -0.214. The molecule has 0 aliphatic carbocycles. The second-order valence-electron chi connectivity index (χ2n) is 4.05. The Kier molecular flexibility index (Phi) is 5.87. The summed E-state index contributed by atoms with van der Waals surface area (Å²) in [4.78, 5) is 22.2. The molecular formula is C12H13BrF2N2O3. The average molecular weight is 351 g/mol. The number of urea groups is 1. The lowest BCUT2D eigenvalue weighted by Crippen LogP contribution is -2.39. The molecule has 1 aromatic rings. The molecule has 110 valence electrons. The third-order valence-electron chi connectivity index (χ3n) is 2.49. The molecule has 1 aromatic carbocycles. The molecule has 0 heterocycles. The molecular weight excluding hydrogens is 338 g/mol. The van der Waals surface area contributed by atoms with Crippen LogP contribution in [0.25, 0.3) is 0 Å². The number of carboxylic acids is 1. The number of carboxylic acid groups (broad SMARTS) is 1.